The van der Waals surface area contributed by atoms with Gasteiger partial charge in [-0.2, -0.15) is 0 Å². The molecule has 0 spiro atoms. The van der Waals surface area contributed by atoms with Crippen LogP contribution < -0.4 is 10.1 Å². The van der Waals surface area contributed by atoms with Crippen LogP contribution in [0.1, 0.15) is 39.2 Å². The second-order valence-electron chi connectivity index (χ2n) is 6.81. The van der Waals surface area contributed by atoms with Crippen molar-refractivity contribution in [3.05, 3.63) is 23.8 Å². The molecule has 0 saturated carbocycles. The SMILES string of the molecule is COc1ccc(O)c(CNC2CCN(C(C)(C)C)CC2)c1. The monoisotopic (exact) mass is 292 g/mol. The van der Waals surface area contributed by atoms with Crippen LogP contribution in [0.15, 0.2) is 18.2 Å². The second kappa shape index (κ2) is 6.67. The smallest absolute Gasteiger partial charge is 0.120 e. The quantitative estimate of drug-likeness (QED) is 0.895. The highest BCUT2D eigenvalue weighted by molar-refractivity contribution is 5.39. The summed E-state index contributed by atoms with van der Waals surface area (Å²) in [6.45, 7) is 9.76. The van der Waals surface area contributed by atoms with E-state index in [9.17, 15) is 5.11 Å². The first-order valence-corrected chi connectivity index (χ1v) is 7.74. The van der Waals surface area contributed by atoms with Gasteiger partial charge in [0.15, 0.2) is 0 Å². The summed E-state index contributed by atoms with van der Waals surface area (Å²) in [6, 6.07) is 5.89. The summed E-state index contributed by atoms with van der Waals surface area (Å²) in [5.41, 5.74) is 1.16. The van der Waals surface area contributed by atoms with E-state index in [1.165, 1.54) is 0 Å². The Morgan fingerprint density at radius 2 is 1.95 bits per heavy atom. The second-order valence-corrected chi connectivity index (χ2v) is 6.81. The number of piperidine rings is 1. The number of phenols is 1. The van der Waals surface area contributed by atoms with Crippen LogP contribution in [0, 0.1) is 0 Å². The maximum Gasteiger partial charge on any atom is 0.120 e. The largest absolute Gasteiger partial charge is 0.508 e. The van der Waals surface area contributed by atoms with Gasteiger partial charge in [-0.1, -0.05) is 0 Å². The lowest BCUT2D eigenvalue weighted by atomic mass is 9.98. The minimum atomic E-state index is 0.260. The average molecular weight is 292 g/mol. The van der Waals surface area contributed by atoms with Crippen LogP contribution in [0.5, 0.6) is 11.5 Å². The van der Waals surface area contributed by atoms with Crippen LogP contribution >= 0.6 is 0 Å². The first-order valence-electron chi connectivity index (χ1n) is 7.74. The fraction of sp³-hybridized carbons (Fsp3) is 0.647. The van der Waals surface area contributed by atoms with Crippen LogP contribution in [0.3, 0.4) is 0 Å². The topological polar surface area (TPSA) is 44.7 Å². The number of aromatic hydroxyl groups is 1. The van der Waals surface area contributed by atoms with E-state index in [0.717, 1.165) is 37.2 Å². The molecule has 1 fully saturated rings. The summed E-state index contributed by atoms with van der Waals surface area (Å²) in [5, 5.41) is 13.5. The van der Waals surface area contributed by atoms with Crippen molar-refractivity contribution in [2.45, 2.75) is 51.7 Å². The summed E-state index contributed by atoms with van der Waals surface area (Å²) in [7, 11) is 1.64. The van der Waals surface area contributed by atoms with E-state index in [4.69, 9.17) is 4.74 Å². The fourth-order valence-electron chi connectivity index (χ4n) is 2.84. The molecule has 1 heterocycles. The molecule has 1 aromatic carbocycles. The summed E-state index contributed by atoms with van der Waals surface area (Å²) >= 11 is 0. The molecule has 0 aliphatic carbocycles. The van der Waals surface area contributed by atoms with E-state index >= 15 is 0 Å². The Morgan fingerprint density at radius 3 is 2.52 bits per heavy atom. The van der Waals surface area contributed by atoms with Crippen molar-refractivity contribution < 1.29 is 9.84 Å². The van der Waals surface area contributed by atoms with Crippen LogP contribution in [-0.4, -0.2) is 41.8 Å². The van der Waals surface area contributed by atoms with Gasteiger partial charge in [0.2, 0.25) is 0 Å². The third-order valence-electron chi connectivity index (χ3n) is 4.31. The number of likely N-dealkylation sites (tertiary alicyclic amines) is 1. The minimum absolute atomic E-state index is 0.260. The number of benzene rings is 1. The lowest BCUT2D eigenvalue weighted by Gasteiger charge is -2.41. The number of methoxy groups -OCH3 is 1. The van der Waals surface area contributed by atoms with Crippen molar-refractivity contribution in [1.29, 1.82) is 0 Å². The third kappa shape index (κ3) is 4.35. The molecule has 0 aromatic heterocycles. The van der Waals surface area contributed by atoms with E-state index in [-0.39, 0.29) is 5.54 Å². The Kier molecular flexibility index (Phi) is 5.12. The number of nitrogens with one attached hydrogen (secondary N) is 1. The standard InChI is InChI=1S/C17H28N2O2/c1-17(2,3)19-9-7-14(8-10-19)18-12-13-11-15(21-4)5-6-16(13)20/h5-6,11,14,18,20H,7-10,12H2,1-4H3. The highest BCUT2D eigenvalue weighted by atomic mass is 16.5. The van der Waals surface area contributed by atoms with E-state index in [2.05, 4.69) is 31.0 Å². The molecule has 4 nitrogen and oxygen atoms in total. The Labute approximate surface area is 128 Å². The molecular formula is C17H28N2O2. The Morgan fingerprint density at radius 1 is 1.29 bits per heavy atom. The van der Waals surface area contributed by atoms with Crippen molar-refractivity contribution in [3.63, 3.8) is 0 Å². The zero-order valence-electron chi connectivity index (χ0n) is 13.6. The number of hydrogen-bond donors (Lipinski definition) is 2. The number of phenolic OH excluding ortho intramolecular Hbond substituents is 1. The van der Waals surface area contributed by atoms with E-state index < -0.39 is 0 Å². The van der Waals surface area contributed by atoms with Gasteiger partial charge >= 0.3 is 0 Å². The Bertz CT molecular complexity index is 460. The van der Waals surface area contributed by atoms with Crippen molar-refractivity contribution in [2.75, 3.05) is 20.2 Å². The molecule has 0 bridgehead atoms. The summed E-state index contributed by atoms with van der Waals surface area (Å²) in [5.74, 6) is 1.11. The fourth-order valence-corrected chi connectivity index (χ4v) is 2.84. The van der Waals surface area contributed by atoms with E-state index in [0.29, 0.717) is 18.3 Å². The van der Waals surface area contributed by atoms with Gasteiger partial charge in [0.1, 0.15) is 11.5 Å². The number of ether oxygens (including phenoxy) is 1. The van der Waals surface area contributed by atoms with Crippen molar-refractivity contribution in [2.24, 2.45) is 0 Å². The zero-order valence-corrected chi connectivity index (χ0v) is 13.6. The molecule has 1 aliphatic rings. The number of hydrogen-bond acceptors (Lipinski definition) is 4. The van der Waals surface area contributed by atoms with Gasteiger partial charge in [0.05, 0.1) is 7.11 Å². The van der Waals surface area contributed by atoms with Gasteiger partial charge in [0, 0.05) is 36.8 Å². The van der Waals surface area contributed by atoms with Gasteiger partial charge < -0.3 is 15.2 Å². The normalized spacial score (nSPS) is 17.9. The average Bonchev–Trinajstić information content (AvgIpc) is 2.46. The van der Waals surface area contributed by atoms with E-state index in [1.54, 1.807) is 19.2 Å². The molecule has 1 aliphatic heterocycles. The number of rotatable bonds is 4. The lowest BCUT2D eigenvalue weighted by Crippen LogP contribution is -2.49. The molecule has 1 saturated heterocycles. The molecule has 118 valence electrons. The zero-order chi connectivity index (χ0) is 15.5. The predicted octanol–water partition coefficient (Wildman–Crippen LogP) is 2.75. The first-order chi connectivity index (χ1) is 9.90. The maximum atomic E-state index is 9.90. The summed E-state index contributed by atoms with van der Waals surface area (Å²) in [6.07, 6.45) is 2.31. The molecule has 0 unspecified atom stereocenters. The van der Waals surface area contributed by atoms with Gasteiger partial charge in [-0.05, 0) is 51.8 Å². The first kappa shape index (κ1) is 16.1. The molecule has 4 heteroatoms. The Hall–Kier alpha value is -1.26. The van der Waals surface area contributed by atoms with Gasteiger partial charge in [-0.25, -0.2) is 0 Å². The summed E-state index contributed by atoms with van der Waals surface area (Å²) < 4.78 is 5.21. The molecule has 1 aromatic rings. The molecule has 0 amide bonds. The minimum Gasteiger partial charge on any atom is -0.508 e. The van der Waals surface area contributed by atoms with Crippen molar-refractivity contribution in [3.8, 4) is 11.5 Å². The van der Waals surface area contributed by atoms with Crippen molar-refractivity contribution in [1.82, 2.24) is 10.2 Å². The molecule has 0 atom stereocenters. The Balaban J connectivity index is 1.85. The summed E-state index contributed by atoms with van der Waals surface area (Å²) in [4.78, 5) is 2.54. The van der Waals surface area contributed by atoms with Crippen LogP contribution in [0.25, 0.3) is 0 Å². The van der Waals surface area contributed by atoms with E-state index in [1.807, 2.05) is 6.07 Å². The predicted molar refractivity (Wildman–Crippen MR) is 85.8 cm³/mol. The third-order valence-corrected chi connectivity index (χ3v) is 4.31. The molecule has 2 rings (SSSR count). The number of nitrogens with zero attached hydrogens (tertiary/aromatic N) is 1. The van der Waals surface area contributed by atoms with Crippen molar-refractivity contribution >= 4 is 0 Å². The van der Waals surface area contributed by atoms with Crippen LogP contribution in [0.4, 0.5) is 0 Å². The lowest BCUT2D eigenvalue weighted by molar-refractivity contribution is 0.0960. The molecule has 21 heavy (non-hydrogen) atoms. The maximum absolute atomic E-state index is 9.90. The molecular weight excluding hydrogens is 264 g/mol. The van der Waals surface area contributed by atoms with Crippen LogP contribution in [-0.2, 0) is 6.54 Å². The van der Waals surface area contributed by atoms with Gasteiger partial charge in [-0.3, -0.25) is 4.90 Å². The molecule has 0 radical (unpaired) electrons. The van der Waals surface area contributed by atoms with Gasteiger partial charge in [0.25, 0.3) is 0 Å². The molecule has 2 N–H and O–H groups in total. The van der Waals surface area contributed by atoms with Gasteiger partial charge in [-0.15, -0.1) is 0 Å². The highest BCUT2D eigenvalue weighted by Crippen LogP contribution is 2.24. The van der Waals surface area contributed by atoms with Crippen LogP contribution in [0.2, 0.25) is 0 Å². The highest BCUT2D eigenvalue weighted by Gasteiger charge is 2.26.